The Hall–Kier alpha value is -2.34. The number of aryl methyl sites for hydroxylation is 1. The van der Waals surface area contributed by atoms with E-state index in [-0.39, 0.29) is 11.6 Å². The third-order valence-corrected chi connectivity index (χ3v) is 6.15. The molecule has 2 fully saturated rings. The first-order valence-corrected chi connectivity index (χ1v) is 10.5. The smallest absolute Gasteiger partial charge is 0.317 e. The van der Waals surface area contributed by atoms with Crippen LogP contribution in [0.5, 0.6) is 0 Å². The molecule has 2 N–H and O–H groups in total. The molecule has 0 unspecified atom stereocenters. The van der Waals surface area contributed by atoms with E-state index in [1.54, 1.807) is 0 Å². The number of carbonyl (C=O) groups is 1. The van der Waals surface area contributed by atoms with Crippen molar-refractivity contribution >= 4 is 16.9 Å². The molecule has 150 valence electrons. The summed E-state index contributed by atoms with van der Waals surface area (Å²) in [6.07, 6.45) is 5.95. The Balaban J connectivity index is 1.34. The Morgan fingerprint density at radius 3 is 2.64 bits per heavy atom. The molecule has 0 bridgehead atoms. The summed E-state index contributed by atoms with van der Waals surface area (Å²) < 4.78 is 0. The SMILES string of the molecule is Cc1cccc2cc(CN3CCN(C(=O)NC4CCCCC4)CC3)c(=O)[nH]c12. The molecule has 2 heterocycles. The fourth-order valence-corrected chi connectivity index (χ4v) is 4.41. The zero-order valence-corrected chi connectivity index (χ0v) is 16.7. The number of amides is 2. The zero-order valence-electron chi connectivity index (χ0n) is 16.7. The predicted molar refractivity (Wildman–Crippen MR) is 112 cm³/mol. The van der Waals surface area contributed by atoms with Gasteiger partial charge in [0.1, 0.15) is 0 Å². The minimum Gasteiger partial charge on any atom is -0.335 e. The first kappa shape index (κ1) is 19.0. The van der Waals surface area contributed by atoms with Gasteiger partial charge in [0.2, 0.25) is 0 Å². The van der Waals surface area contributed by atoms with Gasteiger partial charge in [-0.15, -0.1) is 0 Å². The largest absolute Gasteiger partial charge is 0.335 e. The second-order valence-corrected chi connectivity index (χ2v) is 8.21. The lowest BCUT2D eigenvalue weighted by atomic mass is 9.96. The molecule has 28 heavy (non-hydrogen) atoms. The number of nitrogens with one attached hydrogen (secondary N) is 2. The van der Waals surface area contributed by atoms with Crippen LogP contribution in [-0.2, 0) is 6.54 Å². The van der Waals surface area contributed by atoms with E-state index >= 15 is 0 Å². The predicted octanol–water partition coefficient (Wildman–Crippen LogP) is 3.00. The van der Waals surface area contributed by atoms with E-state index < -0.39 is 0 Å². The lowest BCUT2D eigenvalue weighted by Crippen LogP contribution is -2.53. The number of nitrogens with zero attached hydrogens (tertiary/aromatic N) is 2. The molecule has 6 nitrogen and oxygen atoms in total. The molecule has 2 amide bonds. The maximum absolute atomic E-state index is 12.5. The molecule has 2 aromatic rings. The number of aromatic nitrogens is 1. The molecular formula is C22H30N4O2. The van der Waals surface area contributed by atoms with Crippen molar-refractivity contribution in [2.24, 2.45) is 0 Å². The van der Waals surface area contributed by atoms with Crippen molar-refractivity contribution in [1.29, 1.82) is 0 Å². The van der Waals surface area contributed by atoms with Gasteiger partial charge in [-0.1, -0.05) is 37.5 Å². The lowest BCUT2D eigenvalue weighted by Gasteiger charge is -2.36. The van der Waals surface area contributed by atoms with Gasteiger partial charge >= 0.3 is 6.03 Å². The van der Waals surface area contributed by atoms with E-state index in [4.69, 9.17) is 0 Å². The Morgan fingerprint density at radius 2 is 1.89 bits per heavy atom. The van der Waals surface area contributed by atoms with Crippen LogP contribution in [0, 0.1) is 6.92 Å². The molecule has 0 radical (unpaired) electrons. The van der Waals surface area contributed by atoms with E-state index in [1.807, 2.05) is 36.1 Å². The van der Waals surface area contributed by atoms with E-state index in [0.717, 1.165) is 48.0 Å². The number of aromatic amines is 1. The van der Waals surface area contributed by atoms with E-state index in [9.17, 15) is 9.59 Å². The second-order valence-electron chi connectivity index (χ2n) is 8.21. The molecule has 1 aromatic carbocycles. The summed E-state index contributed by atoms with van der Waals surface area (Å²) >= 11 is 0. The van der Waals surface area contributed by atoms with Crippen molar-refractivity contribution in [1.82, 2.24) is 20.1 Å². The van der Waals surface area contributed by atoms with Gasteiger partial charge in [-0.25, -0.2) is 4.79 Å². The molecule has 1 aromatic heterocycles. The maximum atomic E-state index is 12.5. The highest BCUT2D eigenvalue weighted by Gasteiger charge is 2.24. The number of H-pyrrole nitrogens is 1. The number of rotatable bonds is 3. The second kappa shape index (κ2) is 8.35. The van der Waals surface area contributed by atoms with E-state index in [0.29, 0.717) is 25.7 Å². The van der Waals surface area contributed by atoms with Crippen LogP contribution in [0.3, 0.4) is 0 Å². The summed E-state index contributed by atoms with van der Waals surface area (Å²) in [6.45, 7) is 5.64. The highest BCUT2D eigenvalue weighted by Crippen LogP contribution is 2.18. The highest BCUT2D eigenvalue weighted by atomic mass is 16.2. The molecule has 1 aliphatic heterocycles. The number of fused-ring (bicyclic) bond motifs is 1. The fourth-order valence-electron chi connectivity index (χ4n) is 4.41. The van der Waals surface area contributed by atoms with E-state index in [1.165, 1.54) is 19.3 Å². The Bertz CT molecular complexity index is 893. The van der Waals surface area contributed by atoms with Crippen LogP contribution in [0.1, 0.15) is 43.2 Å². The number of piperazine rings is 1. The first-order chi connectivity index (χ1) is 13.6. The normalized spacial score (nSPS) is 19.1. The van der Waals surface area contributed by atoms with Crippen LogP contribution in [0.25, 0.3) is 10.9 Å². The van der Waals surface area contributed by atoms with E-state index in [2.05, 4.69) is 15.2 Å². The molecule has 2 aliphatic rings. The van der Waals surface area contributed by atoms with Gasteiger partial charge in [-0.05, 0) is 36.8 Å². The number of benzene rings is 1. The number of hydrogen-bond donors (Lipinski definition) is 2. The topological polar surface area (TPSA) is 68.4 Å². The van der Waals surface area contributed by atoms with Crippen molar-refractivity contribution in [2.75, 3.05) is 26.2 Å². The number of urea groups is 1. The van der Waals surface area contributed by atoms with Crippen LogP contribution in [0.2, 0.25) is 0 Å². The van der Waals surface area contributed by atoms with Crippen LogP contribution in [-0.4, -0.2) is 53.0 Å². The van der Waals surface area contributed by atoms with Gasteiger partial charge in [0.15, 0.2) is 0 Å². The van der Waals surface area contributed by atoms with Crippen molar-refractivity contribution in [3.63, 3.8) is 0 Å². The monoisotopic (exact) mass is 382 g/mol. The van der Waals surface area contributed by atoms with Crippen molar-refractivity contribution in [2.45, 2.75) is 51.6 Å². The zero-order chi connectivity index (χ0) is 19.5. The van der Waals surface area contributed by atoms with Gasteiger partial charge in [-0.3, -0.25) is 9.69 Å². The highest BCUT2D eigenvalue weighted by molar-refractivity contribution is 5.81. The average Bonchev–Trinajstić information content (AvgIpc) is 2.71. The number of pyridine rings is 1. The van der Waals surface area contributed by atoms with Crippen molar-refractivity contribution in [3.8, 4) is 0 Å². The summed E-state index contributed by atoms with van der Waals surface area (Å²) in [5, 5.41) is 4.27. The molecule has 1 saturated carbocycles. The van der Waals surface area contributed by atoms with Crippen LogP contribution in [0.15, 0.2) is 29.1 Å². The van der Waals surface area contributed by atoms with Gasteiger partial charge in [0.05, 0.1) is 5.52 Å². The lowest BCUT2D eigenvalue weighted by molar-refractivity contribution is 0.131. The standard InChI is InChI=1S/C22H30N4O2/c1-16-6-5-7-17-14-18(21(27)24-20(16)17)15-25-10-12-26(13-11-25)22(28)23-19-8-3-2-4-9-19/h5-7,14,19H,2-4,8-13,15H2,1H3,(H,23,28)(H,24,27). The van der Waals surface area contributed by atoms with Gasteiger partial charge in [-0.2, -0.15) is 0 Å². The maximum Gasteiger partial charge on any atom is 0.317 e. The van der Waals surface area contributed by atoms with Gasteiger partial charge < -0.3 is 15.2 Å². The summed E-state index contributed by atoms with van der Waals surface area (Å²) in [7, 11) is 0. The molecule has 0 atom stereocenters. The molecule has 1 saturated heterocycles. The minimum absolute atomic E-state index is 0.0146. The third kappa shape index (κ3) is 4.22. The summed E-state index contributed by atoms with van der Waals surface area (Å²) in [4.78, 5) is 32.2. The Morgan fingerprint density at radius 1 is 1.14 bits per heavy atom. The first-order valence-electron chi connectivity index (χ1n) is 10.5. The minimum atomic E-state index is -0.0146. The Kier molecular flexibility index (Phi) is 5.67. The van der Waals surface area contributed by atoms with Gasteiger partial charge in [0, 0.05) is 44.3 Å². The molecule has 6 heteroatoms. The van der Waals surface area contributed by atoms with Gasteiger partial charge in [0.25, 0.3) is 5.56 Å². The molecule has 0 spiro atoms. The molecular weight excluding hydrogens is 352 g/mol. The number of hydrogen-bond acceptors (Lipinski definition) is 3. The molecule has 4 rings (SSSR count). The quantitative estimate of drug-likeness (QED) is 0.857. The number of para-hydroxylation sites is 1. The summed E-state index contributed by atoms with van der Waals surface area (Å²) in [5.41, 5.74) is 2.77. The Labute approximate surface area is 165 Å². The van der Waals surface area contributed by atoms with Crippen molar-refractivity contribution < 1.29 is 4.79 Å². The number of carbonyl (C=O) groups excluding carboxylic acids is 1. The average molecular weight is 383 g/mol. The van der Waals surface area contributed by atoms with Crippen molar-refractivity contribution in [3.05, 3.63) is 45.7 Å². The van der Waals surface area contributed by atoms with Crippen LogP contribution >= 0.6 is 0 Å². The third-order valence-electron chi connectivity index (χ3n) is 6.15. The van der Waals surface area contributed by atoms with Crippen LogP contribution in [0.4, 0.5) is 4.79 Å². The summed E-state index contributed by atoms with van der Waals surface area (Å²) in [5.74, 6) is 0. The molecule has 1 aliphatic carbocycles. The van der Waals surface area contributed by atoms with Crippen LogP contribution < -0.4 is 10.9 Å². The summed E-state index contributed by atoms with van der Waals surface area (Å²) in [6, 6.07) is 8.49. The fraction of sp³-hybridized carbons (Fsp3) is 0.545.